The predicted molar refractivity (Wildman–Crippen MR) is 67.7 cm³/mol. The normalized spacial score (nSPS) is 10.1. The first-order valence-corrected chi connectivity index (χ1v) is 5.67. The van der Waals surface area contributed by atoms with Crippen molar-refractivity contribution < 1.29 is 9.84 Å². The third-order valence-electron chi connectivity index (χ3n) is 1.84. The molecular formula is C11H9IN2O2. The summed E-state index contributed by atoms with van der Waals surface area (Å²) in [7, 11) is 0. The molecule has 1 aromatic carbocycles. The van der Waals surface area contributed by atoms with E-state index in [4.69, 9.17) is 4.74 Å². The van der Waals surface area contributed by atoms with Crippen molar-refractivity contribution in [3.63, 3.8) is 0 Å². The molecule has 0 radical (unpaired) electrons. The lowest BCUT2D eigenvalue weighted by atomic mass is 10.2. The van der Waals surface area contributed by atoms with E-state index in [9.17, 15) is 5.11 Å². The lowest BCUT2D eigenvalue weighted by Crippen LogP contribution is -1.92. The fourth-order valence-electron chi connectivity index (χ4n) is 1.25. The van der Waals surface area contributed by atoms with Gasteiger partial charge in [0.15, 0.2) is 0 Å². The van der Waals surface area contributed by atoms with Crippen molar-refractivity contribution in [1.29, 1.82) is 0 Å². The molecule has 0 aliphatic rings. The number of phenolic OH excluding ortho intramolecular Hbond substituents is 1. The smallest absolute Gasteiger partial charge is 0.321 e. The van der Waals surface area contributed by atoms with Crippen molar-refractivity contribution in [2.45, 2.75) is 6.92 Å². The largest absolute Gasteiger partial charge is 0.508 e. The highest BCUT2D eigenvalue weighted by atomic mass is 127. The second kappa shape index (κ2) is 4.65. The number of aromatic hydroxyl groups is 1. The van der Waals surface area contributed by atoms with Gasteiger partial charge in [0.25, 0.3) is 0 Å². The van der Waals surface area contributed by atoms with Crippen molar-refractivity contribution in [3.05, 3.63) is 39.7 Å². The maximum absolute atomic E-state index is 9.39. The van der Waals surface area contributed by atoms with Crippen LogP contribution in [0.2, 0.25) is 0 Å². The molecule has 5 heteroatoms. The van der Waals surface area contributed by atoms with E-state index < -0.39 is 0 Å². The van der Waals surface area contributed by atoms with Gasteiger partial charge in [-0.05, 0) is 47.2 Å². The summed E-state index contributed by atoms with van der Waals surface area (Å²) in [5.41, 5.74) is 0.917. The van der Waals surface area contributed by atoms with E-state index in [1.165, 1.54) is 6.07 Å². The summed E-state index contributed by atoms with van der Waals surface area (Å²) in [5, 5.41) is 9.39. The van der Waals surface area contributed by atoms with Gasteiger partial charge in [-0.2, -0.15) is 0 Å². The van der Waals surface area contributed by atoms with Crippen molar-refractivity contribution in [3.8, 4) is 17.5 Å². The number of hydrogen-bond acceptors (Lipinski definition) is 4. The minimum Gasteiger partial charge on any atom is -0.508 e. The molecule has 0 saturated carbocycles. The van der Waals surface area contributed by atoms with Crippen LogP contribution in [0.5, 0.6) is 17.5 Å². The zero-order valence-corrected chi connectivity index (χ0v) is 10.7. The first-order chi connectivity index (χ1) is 7.63. The second-order valence-corrected chi connectivity index (χ2v) is 4.54. The predicted octanol–water partition coefficient (Wildman–Crippen LogP) is 2.89. The van der Waals surface area contributed by atoms with Gasteiger partial charge in [0.2, 0.25) is 0 Å². The molecule has 0 aliphatic heterocycles. The van der Waals surface area contributed by atoms with Gasteiger partial charge in [-0.15, -0.1) is 0 Å². The summed E-state index contributed by atoms with van der Waals surface area (Å²) in [6, 6.07) is 5.25. The molecule has 82 valence electrons. The van der Waals surface area contributed by atoms with Crippen molar-refractivity contribution in [1.82, 2.24) is 9.97 Å². The molecule has 0 bridgehead atoms. The average Bonchev–Trinajstić information content (AvgIpc) is 2.20. The Morgan fingerprint density at radius 1 is 1.19 bits per heavy atom. The van der Waals surface area contributed by atoms with Crippen LogP contribution in [0.4, 0.5) is 0 Å². The molecule has 0 amide bonds. The number of aromatic nitrogens is 2. The Morgan fingerprint density at radius 2 is 1.88 bits per heavy atom. The van der Waals surface area contributed by atoms with E-state index in [-0.39, 0.29) is 11.8 Å². The highest BCUT2D eigenvalue weighted by Crippen LogP contribution is 2.24. The fourth-order valence-corrected chi connectivity index (χ4v) is 1.52. The highest BCUT2D eigenvalue weighted by molar-refractivity contribution is 14.1. The fraction of sp³-hybridized carbons (Fsp3) is 0.0909. The molecule has 0 unspecified atom stereocenters. The molecule has 16 heavy (non-hydrogen) atoms. The van der Waals surface area contributed by atoms with Gasteiger partial charge in [0, 0.05) is 22.0 Å². The van der Waals surface area contributed by atoms with Crippen LogP contribution >= 0.6 is 22.6 Å². The maximum atomic E-state index is 9.39. The third-order valence-corrected chi connectivity index (χ3v) is 2.40. The zero-order valence-electron chi connectivity index (χ0n) is 8.51. The topological polar surface area (TPSA) is 55.2 Å². The number of benzene rings is 1. The summed E-state index contributed by atoms with van der Waals surface area (Å²) in [5.74, 6) is 0.694. The Hall–Kier alpha value is -1.37. The van der Waals surface area contributed by atoms with Crippen molar-refractivity contribution in [2.24, 2.45) is 0 Å². The number of nitrogens with zero attached hydrogens (tertiary/aromatic N) is 2. The molecule has 1 heterocycles. The standard InChI is InChI=1S/C11H9IN2O2/c1-7-2-9(15)4-10(3-7)16-11-13-5-8(12)6-14-11/h2-6,15H,1H3. The number of rotatable bonds is 2. The van der Waals surface area contributed by atoms with E-state index in [0.717, 1.165) is 9.13 Å². The van der Waals surface area contributed by atoms with Crippen LogP contribution in [0, 0.1) is 10.5 Å². The van der Waals surface area contributed by atoms with Crippen LogP contribution in [-0.2, 0) is 0 Å². The van der Waals surface area contributed by atoms with Gasteiger partial charge < -0.3 is 9.84 Å². The first kappa shape index (κ1) is 11.1. The number of halogens is 1. The molecule has 1 N–H and O–H groups in total. The molecule has 4 nitrogen and oxygen atoms in total. The van der Waals surface area contributed by atoms with Crippen LogP contribution in [-0.4, -0.2) is 15.1 Å². The molecule has 0 atom stereocenters. The summed E-state index contributed by atoms with van der Waals surface area (Å²) in [6.07, 6.45) is 3.33. The van der Waals surface area contributed by atoms with E-state index in [1.54, 1.807) is 24.5 Å². The van der Waals surface area contributed by atoms with Crippen LogP contribution in [0.25, 0.3) is 0 Å². The molecule has 0 fully saturated rings. The third kappa shape index (κ3) is 2.82. The van der Waals surface area contributed by atoms with Gasteiger partial charge in [0.05, 0.1) is 0 Å². The van der Waals surface area contributed by atoms with Crippen LogP contribution in [0.3, 0.4) is 0 Å². The number of ether oxygens (including phenoxy) is 1. The van der Waals surface area contributed by atoms with Crippen LogP contribution in [0.15, 0.2) is 30.6 Å². The van der Waals surface area contributed by atoms with Crippen LogP contribution < -0.4 is 4.74 Å². The zero-order chi connectivity index (χ0) is 11.5. The molecule has 1 aromatic heterocycles. The Labute approximate surface area is 106 Å². The Morgan fingerprint density at radius 3 is 2.50 bits per heavy atom. The molecule has 0 spiro atoms. The monoisotopic (exact) mass is 328 g/mol. The summed E-state index contributed by atoms with van der Waals surface area (Å²) in [6.45, 7) is 1.88. The van der Waals surface area contributed by atoms with E-state index >= 15 is 0 Å². The first-order valence-electron chi connectivity index (χ1n) is 4.59. The van der Waals surface area contributed by atoms with Gasteiger partial charge >= 0.3 is 6.01 Å². The van der Waals surface area contributed by atoms with Gasteiger partial charge in [-0.1, -0.05) is 0 Å². The number of hydrogen-bond donors (Lipinski definition) is 1. The Balaban J connectivity index is 2.23. The number of aryl methyl sites for hydroxylation is 1. The lowest BCUT2D eigenvalue weighted by Gasteiger charge is -2.05. The quantitative estimate of drug-likeness (QED) is 0.862. The van der Waals surface area contributed by atoms with Gasteiger partial charge in [-0.3, -0.25) is 0 Å². The summed E-state index contributed by atoms with van der Waals surface area (Å²) < 4.78 is 6.35. The SMILES string of the molecule is Cc1cc(O)cc(Oc2ncc(I)cn2)c1. The summed E-state index contributed by atoms with van der Waals surface area (Å²) in [4.78, 5) is 8.02. The minimum atomic E-state index is 0.167. The summed E-state index contributed by atoms with van der Waals surface area (Å²) >= 11 is 2.12. The van der Waals surface area contributed by atoms with E-state index in [0.29, 0.717) is 5.75 Å². The average molecular weight is 328 g/mol. The highest BCUT2D eigenvalue weighted by Gasteiger charge is 2.02. The van der Waals surface area contributed by atoms with Crippen LogP contribution in [0.1, 0.15) is 5.56 Å². The second-order valence-electron chi connectivity index (χ2n) is 3.29. The molecule has 2 aromatic rings. The maximum Gasteiger partial charge on any atom is 0.321 e. The van der Waals surface area contributed by atoms with E-state index in [2.05, 4.69) is 32.6 Å². The minimum absolute atomic E-state index is 0.167. The van der Waals surface area contributed by atoms with Crippen molar-refractivity contribution in [2.75, 3.05) is 0 Å². The number of phenols is 1. The van der Waals surface area contributed by atoms with Gasteiger partial charge in [0.1, 0.15) is 11.5 Å². The lowest BCUT2D eigenvalue weighted by molar-refractivity contribution is 0.430. The van der Waals surface area contributed by atoms with E-state index in [1.807, 2.05) is 6.92 Å². The van der Waals surface area contributed by atoms with Crippen molar-refractivity contribution >= 4 is 22.6 Å². The van der Waals surface area contributed by atoms with Gasteiger partial charge in [-0.25, -0.2) is 9.97 Å². The molecule has 0 saturated heterocycles. The molecule has 2 rings (SSSR count). The Kier molecular flexibility index (Phi) is 3.23. The molecular weight excluding hydrogens is 319 g/mol. The Bertz CT molecular complexity index is 480. The molecule has 0 aliphatic carbocycles.